The van der Waals surface area contributed by atoms with Crippen LogP contribution in [-0.2, 0) is 0 Å². The predicted octanol–water partition coefficient (Wildman–Crippen LogP) is 3.68. The Kier molecular flexibility index (Phi) is 3.31. The number of hydrogen-bond acceptors (Lipinski definition) is 1. The van der Waals surface area contributed by atoms with Crippen LogP contribution in [-0.4, -0.2) is 6.10 Å². The molecule has 0 saturated heterocycles. The third-order valence-corrected chi connectivity index (χ3v) is 2.43. The molecule has 3 heteroatoms. The summed E-state index contributed by atoms with van der Waals surface area (Å²) in [6.07, 6.45) is -0.0101. The lowest BCUT2D eigenvalue weighted by molar-refractivity contribution is 0.231. The Balaban J connectivity index is 3.01. The summed E-state index contributed by atoms with van der Waals surface area (Å²) in [6, 6.07) is 3.12. The van der Waals surface area contributed by atoms with Gasteiger partial charge in [0.1, 0.15) is 0 Å². The molecule has 0 fully saturated rings. The fourth-order valence-corrected chi connectivity index (χ4v) is 1.29. The minimum absolute atomic E-state index is 0.0101. The van der Waals surface area contributed by atoms with E-state index in [9.17, 15) is 4.39 Å². The number of hydrogen-bond donors (Lipinski definition) is 0. The zero-order chi connectivity index (χ0) is 10.0. The van der Waals surface area contributed by atoms with E-state index in [-0.39, 0.29) is 11.9 Å². The molecule has 0 unspecified atom stereocenters. The van der Waals surface area contributed by atoms with Crippen LogP contribution in [0.25, 0.3) is 0 Å². The lowest BCUT2D eigenvalue weighted by atomic mass is 10.2. The Hall–Kier alpha value is -0.570. The van der Waals surface area contributed by atoms with Crippen molar-refractivity contribution in [2.45, 2.75) is 26.9 Å². The first kappa shape index (κ1) is 10.5. The summed E-state index contributed by atoms with van der Waals surface area (Å²) in [5.41, 5.74) is 0.869. The van der Waals surface area contributed by atoms with E-state index in [0.717, 1.165) is 10.0 Å². The first-order valence-electron chi connectivity index (χ1n) is 4.13. The molecule has 0 atom stereocenters. The number of halogens is 2. The van der Waals surface area contributed by atoms with E-state index < -0.39 is 0 Å². The number of benzene rings is 1. The highest BCUT2D eigenvalue weighted by atomic mass is 79.9. The first-order chi connectivity index (χ1) is 6.00. The van der Waals surface area contributed by atoms with Crippen molar-refractivity contribution < 1.29 is 9.13 Å². The molecule has 0 N–H and O–H groups in total. The van der Waals surface area contributed by atoms with Gasteiger partial charge in [-0.1, -0.05) is 15.9 Å². The zero-order valence-corrected chi connectivity index (χ0v) is 9.48. The third-order valence-electron chi connectivity index (χ3n) is 1.58. The van der Waals surface area contributed by atoms with Crippen LogP contribution in [0.3, 0.4) is 0 Å². The average molecular weight is 247 g/mol. The van der Waals surface area contributed by atoms with Crippen molar-refractivity contribution in [2.75, 3.05) is 0 Å². The van der Waals surface area contributed by atoms with Crippen LogP contribution in [0.15, 0.2) is 16.6 Å². The van der Waals surface area contributed by atoms with Gasteiger partial charge in [0.2, 0.25) is 0 Å². The maximum atomic E-state index is 13.2. The maximum Gasteiger partial charge on any atom is 0.165 e. The van der Waals surface area contributed by atoms with E-state index in [0.29, 0.717) is 5.75 Å². The molecular weight excluding hydrogens is 235 g/mol. The predicted molar refractivity (Wildman–Crippen MR) is 54.6 cm³/mol. The van der Waals surface area contributed by atoms with Crippen LogP contribution in [0.2, 0.25) is 0 Å². The van der Waals surface area contributed by atoms with Crippen LogP contribution in [0.1, 0.15) is 19.4 Å². The van der Waals surface area contributed by atoms with Crippen molar-refractivity contribution in [3.8, 4) is 5.75 Å². The SMILES string of the molecule is Cc1cc(F)c(OC(C)C)cc1Br. The van der Waals surface area contributed by atoms with Gasteiger partial charge in [0.25, 0.3) is 0 Å². The van der Waals surface area contributed by atoms with Crippen LogP contribution >= 0.6 is 15.9 Å². The van der Waals surface area contributed by atoms with Gasteiger partial charge >= 0.3 is 0 Å². The molecular formula is C10H12BrFO. The largest absolute Gasteiger partial charge is 0.488 e. The molecule has 1 rings (SSSR count). The van der Waals surface area contributed by atoms with Crippen molar-refractivity contribution in [2.24, 2.45) is 0 Å². The minimum atomic E-state index is -0.311. The molecule has 0 bridgehead atoms. The van der Waals surface area contributed by atoms with Crippen molar-refractivity contribution in [1.82, 2.24) is 0 Å². The molecule has 0 amide bonds. The Morgan fingerprint density at radius 3 is 2.54 bits per heavy atom. The second-order valence-electron chi connectivity index (χ2n) is 3.20. The fourth-order valence-electron chi connectivity index (χ4n) is 0.972. The summed E-state index contributed by atoms with van der Waals surface area (Å²) in [5.74, 6) is -0.0122. The average Bonchev–Trinajstić information content (AvgIpc) is 1.99. The second-order valence-corrected chi connectivity index (χ2v) is 4.05. The Bertz CT molecular complexity index is 310. The minimum Gasteiger partial charge on any atom is -0.488 e. The van der Waals surface area contributed by atoms with E-state index in [1.54, 1.807) is 6.07 Å². The molecule has 0 aliphatic heterocycles. The van der Waals surface area contributed by atoms with Crippen molar-refractivity contribution in [3.05, 3.63) is 28.0 Å². The molecule has 72 valence electrons. The van der Waals surface area contributed by atoms with Crippen LogP contribution in [0.4, 0.5) is 4.39 Å². The molecule has 0 heterocycles. The molecule has 1 aromatic carbocycles. The lowest BCUT2D eigenvalue weighted by Crippen LogP contribution is -2.07. The van der Waals surface area contributed by atoms with E-state index in [4.69, 9.17) is 4.74 Å². The summed E-state index contributed by atoms with van der Waals surface area (Å²) in [5, 5.41) is 0. The summed E-state index contributed by atoms with van der Waals surface area (Å²) in [7, 11) is 0. The van der Waals surface area contributed by atoms with Gasteiger partial charge in [-0.05, 0) is 38.5 Å². The van der Waals surface area contributed by atoms with Gasteiger partial charge < -0.3 is 4.74 Å². The number of rotatable bonds is 2. The zero-order valence-electron chi connectivity index (χ0n) is 7.90. The highest BCUT2D eigenvalue weighted by molar-refractivity contribution is 9.10. The summed E-state index contributed by atoms with van der Waals surface area (Å²) >= 11 is 3.32. The van der Waals surface area contributed by atoms with Gasteiger partial charge in [-0.25, -0.2) is 4.39 Å². The molecule has 0 radical (unpaired) electrons. The molecule has 0 aliphatic carbocycles. The Morgan fingerprint density at radius 2 is 2.00 bits per heavy atom. The lowest BCUT2D eigenvalue weighted by Gasteiger charge is -2.11. The van der Waals surface area contributed by atoms with Gasteiger partial charge in [-0.15, -0.1) is 0 Å². The number of ether oxygens (including phenoxy) is 1. The Labute approximate surface area is 86.0 Å². The quantitative estimate of drug-likeness (QED) is 0.774. The van der Waals surface area contributed by atoms with Gasteiger partial charge in [-0.2, -0.15) is 0 Å². The molecule has 1 nitrogen and oxygen atoms in total. The summed E-state index contributed by atoms with van der Waals surface area (Å²) in [4.78, 5) is 0. The highest BCUT2D eigenvalue weighted by Gasteiger charge is 2.07. The van der Waals surface area contributed by atoms with Crippen molar-refractivity contribution in [1.29, 1.82) is 0 Å². The van der Waals surface area contributed by atoms with Crippen LogP contribution in [0, 0.1) is 12.7 Å². The molecule has 13 heavy (non-hydrogen) atoms. The smallest absolute Gasteiger partial charge is 0.165 e. The maximum absolute atomic E-state index is 13.2. The number of aryl methyl sites for hydroxylation is 1. The summed E-state index contributed by atoms with van der Waals surface area (Å²) in [6.45, 7) is 5.58. The van der Waals surface area contributed by atoms with Crippen LogP contribution in [0.5, 0.6) is 5.75 Å². The summed E-state index contributed by atoms with van der Waals surface area (Å²) < 4.78 is 19.4. The second kappa shape index (κ2) is 4.09. The van der Waals surface area contributed by atoms with E-state index in [1.165, 1.54) is 6.07 Å². The topological polar surface area (TPSA) is 9.23 Å². The van der Waals surface area contributed by atoms with Gasteiger partial charge in [-0.3, -0.25) is 0 Å². The Morgan fingerprint density at radius 1 is 1.38 bits per heavy atom. The first-order valence-corrected chi connectivity index (χ1v) is 4.92. The third kappa shape index (κ3) is 2.69. The van der Waals surface area contributed by atoms with Gasteiger partial charge in [0.05, 0.1) is 6.10 Å². The normalized spacial score (nSPS) is 10.6. The van der Waals surface area contributed by atoms with Gasteiger partial charge in [0.15, 0.2) is 11.6 Å². The van der Waals surface area contributed by atoms with Gasteiger partial charge in [0, 0.05) is 4.47 Å². The monoisotopic (exact) mass is 246 g/mol. The molecule has 1 aromatic rings. The molecule has 0 aliphatic rings. The van der Waals surface area contributed by atoms with E-state index >= 15 is 0 Å². The van der Waals surface area contributed by atoms with E-state index in [2.05, 4.69) is 15.9 Å². The molecule has 0 saturated carbocycles. The van der Waals surface area contributed by atoms with Crippen LogP contribution < -0.4 is 4.74 Å². The molecule has 0 spiro atoms. The van der Waals surface area contributed by atoms with E-state index in [1.807, 2.05) is 20.8 Å². The molecule has 0 aromatic heterocycles. The van der Waals surface area contributed by atoms with Crippen molar-refractivity contribution in [3.63, 3.8) is 0 Å². The fraction of sp³-hybridized carbons (Fsp3) is 0.400. The highest BCUT2D eigenvalue weighted by Crippen LogP contribution is 2.26. The van der Waals surface area contributed by atoms with Crippen molar-refractivity contribution >= 4 is 15.9 Å². The standard InChI is InChI=1S/C10H12BrFO/c1-6(2)13-10-5-8(11)7(3)4-9(10)12/h4-6H,1-3H3.